The predicted octanol–water partition coefficient (Wildman–Crippen LogP) is 1.39. The van der Waals surface area contributed by atoms with E-state index in [0.29, 0.717) is 11.5 Å². The monoisotopic (exact) mass is 163 g/mol. The van der Waals surface area contributed by atoms with Gasteiger partial charge in [-0.15, -0.1) is 0 Å². The van der Waals surface area contributed by atoms with Gasteiger partial charge in [0.25, 0.3) is 0 Å². The number of allylic oxidation sites excluding steroid dienone is 4. The fourth-order valence-electron chi connectivity index (χ4n) is 1.18. The molecule has 1 aromatic heterocycles. The lowest BCUT2D eigenvalue weighted by atomic mass is 10.0. The Morgan fingerprint density at radius 2 is 2.25 bits per heavy atom. The molecule has 1 heterocycles. The Hall–Kier alpha value is -1.58. The highest BCUT2D eigenvalue weighted by atomic mass is 16.6. The largest absolute Gasteiger partial charge is 0.379 e. The summed E-state index contributed by atoms with van der Waals surface area (Å²) in [4.78, 5) is 0. The van der Waals surface area contributed by atoms with Gasteiger partial charge in [0.2, 0.25) is 0 Å². The predicted molar refractivity (Wildman–Crippen MR) is 45.1 cm³/mol. The maximum atomic E-state index is 5.53. The summed E-state index contributed by atoms with van der Waals surface area (Å²) < 4.78 is 4.50. The van der Waals surface area contributed by atoms with Gasteiger partial charge in [0, 0.05) is 5.57 Å². The molecule has 4 nitrogen and oxygen atoms in total. The van der Waals surface area contributed by atoms with Crippen LogP contribution in [0, 0.1) is 0 Å². The standard InChI is InChI=1S/C8H9N3O/c9-8-7(10-12-11-8)6-4-2-1-3-5-6/h2,4-5H,1,3H2,(H2,9,11). The molecule has 4 heteroatoms. The summed E-state index contributed by atoms with van der Waals surface area (Å²) in [7, 11) is 0. The molecule has 0 saturated heterocycles. The van der Waals surface area contributed by atoms with Gasteiger partial charge >= 0.3 is 0 Å². The lowest BCUT2D eigenvalue weighted by molar-refractivity contribution is 0.308. The number of nitrogens with two attached hydrogens (primary N) is 1. The van der Waals surface area contributed by atoms with Crippen LogP contribution in [0.15, 0.2) is 22.9 Å². The molecule has 1 aliphatic carbocycles. The summed E-state index contributed by atoms with van der Waals surface area (Å²) in [5.74, 6) is 0.354. The van der Waals surface area contributed by atoms with E-state index in [1.54, 1.807) is 0 Å². The molecule has 0 spiro atoms. The zero-order valence-corrected chi connectivity index (χ0v) is 6.53. The van der Waals surface area contributed by atoms with Gasteiger partial charge in [0.05, 0.1) is 0 Å². The first-order valence-electron chi connectivity index (χ1n) is 3.83. The van der Waals surface area contributed by atoms with Crippen LogP contribution in [0.4, 0.5) is 5.82 Å². The van der Waals surface area contributed by atoms with Gasteiger partial charge in [-0.25, -0.2) is 4.63 Å². The van der Waals surface area contributed by atoms with Gasteiger partial charge in [-0.2, -0.15) is 0 Å². The number of nitrogen functional groups attached to an aromatic ring is 1. The average molecular weight is 163 g/mol. The third-order valence-electron chi connectivity index (χ3n) is 1.78. The summed E-state index contributed by atoms with van der Waals surface area (Å²) in [5, 5.41) is 7.22. The Bertz CT molecular complexity index is 338. The van der Waals surface area contributed by atoms with E-state index < -0.39 is 0 Å². The molecule has 0 unspecified atom stereocenters. The molecule has 12 heavy (non-hydrogen) atoms. The number of hydrogen-bond acceptors (Lipinski definition) is 4. The topological polar surface area (TPSA) is 64.9 Å². The summed E-state index contributed by atoms with van der Waals surface area (Å²) in [5.41, 5.74) is 7.17. The van der Waals surface area contributed by atoms with Gasteiger partial charge in [0.1, 0.15) is 0 Å². The van der Waals surface area contributed by atoms with Crippen LogP contribution in [0.5, 0.6) is 0 Å². The second-order valence-electron chi connectivity index (χ2n) is 2.64. The van der Waals surface area contributed by atoms with Crippen molar-refractivity contribution in [3.8, 4) is 0 Å². The third kappa shape index (κ3) is 1.11. The fraction of sp³-hybridized carbons (Fsp3) is 0.250. The van der Waals surface area contributed by atoms with Crippen molar-refractivity contribution in [2.45, 2.75) is 12.8 Å². The Morgan fingerprint density at radius 3 is 2.83 bits per heavy atom. The number of rotatable bonds is 1. The molecule has 0 radical (unpaired) electrons. The van der Waals surface area contributed by atoms with Gasteiger partial charge in [-0.3, -0.25) is 0 Å². The van der Waals surface area contributed by atoms with E-state index >= 15 is 0 Å². The molecular formula is C8H9N3O. The molecule has 62 valence electrons. The van der Waals surface area contributed by atoms with Crippen molar-refractivity contribution in [2.24, 2.45) is 0 Å². The normalized spacial score (nSPS) is 16.2. The quantitative estimate of drug-likeness (QED) is 0.679. The van der Waals surface area contributed by atoms with Gasteiger partial charge < -0.3 is 5.73 Å². The highest BCUT2D eigenvalue weighted by Crippen LogP contribution is 2.22. The maximum absolute atomic E-state index is 5.53. The zero-order chi connectivity index (χ0) is 8.39. The van der Waals surface area contributed by atoms with Gasteiger partial charge in [0.15, 0.2) is 11.5 Å². The van der Waals surface area contributed by atoms with E-state index in [1.807, 2.05) is 6.08 Å². The van der Waals surface area contributed by atoms with E-state index in [9.17, 15) is 0 Å². The molecule has 2 rings (SSSR count). The van der Waals surface area contributed by atoms with Crippen molar-refractivity contribution in [3.63, 3.8) is 0 Å². The summed E-state index contributed by atoms with van der Waals surface area (Å²) in [6, 6.07) is 0. The van der Waals surface area contributed by atoms with Gasteiger partial charge in [-0.05, 0) is 23.2 Å². The van der Waals surface area contributed by atoms with Crippen LogP contribution in [-0.4, -0.2) is 10.3 Å². The Kier molecular flexibility index (Phi) is 1.66. The second kappa shape index (κ2) is 2.81. The van der Waals surface area contributed by atoms with Crippen LogP contribution >= 0.6 is 0 Å². The molecule has 1 aromatic rings. The smallest absolute Gasteiger partial charge is 0.196 e. The van der Waals surface area contributed by atoms with Crippen molar-refractivity contribution < 1.29 is 4.63 Å². The highest BCUT2D eigenvalue weighted by molar-refractivity contribution is 5.77. The van der Waals surface area contributed by atoms with E-state index in [0.717, 1.165) is 18.4 Å². The second-order valence-corrected chi connectivity index (χ2v) is 2.64. The van der Waals surface area contributed by atoms with Crippen LogP contribution < -0.4 is 5.73 Å². The number of nitrogens with zero attached hydrogens (tertiary/aromatic N) is 2. The summed E-state index contributed by atoms with van der Waals surface area (Å²) >= 11 is 0. The highest BCUT2D eigenvalue weighted by Gasteiger charge is 2.10. The molecule has 0 saturated carbocycles. The molecule has 2 N–H and O–H groups in total. The first-order valence-corrected chi connectivity index (χ1v) is 3.83. The van der Waals surface area contributed by atoms with Crippen LogP contribution in [0.2, 0.25) is 0 Å². The van der Waals surface area contributed by atoms with Crippen LogP contribution in [0.25, 0.3) is 5.57 Å². The molecular weight excluding hydrogens is 154 g/mol. The first-order chi connectivity index (χ1) is 5.88. The van der Waals surface area contributed by atoms with Crippen LogP contribution in [0.3, 0.4) is 0 Å². The molecule has 1 aliphatic rings. The molecule has 0 aliphatic heterocycles. The molecule has 0 bridgehead atoms. The first kappa shape index (κ1) is 7.09. The fourth-order valence-corrected chi connectivity index (χ4v) is 1.18. The van der Waals surface area contributed by atoms with E-state index in [1.165, 1.54) is 0 Å². The number of anilines is 1. The van der Waals surface area contributed by atoms with Crippen molar-refractivity contribution in [3.05, 3.63) is 23.9 Å². The van der Waals surface area contributed by atoms with Crippen molar-refractivity contribution in [1.82, 2.24) is 10.3 Å². The Morgan fingerprint density at radius 1 is 1.33 bits per heavy atom. The van der Waals surface area contributed by atoms with Crippen molar-refractivity contribution >= 4 is 11.4 Å². The van der Waals surface area contributed by atoms with E-state index in [-0.39, 0.29) is 0 Å². The molecule has 0 atom stereocenters. The lowest BCUT2D eigenvalue weighted by Crippen LogP contribution is -1.92. The summed E-state index contributed by atoms with van der Waals surface area (Å²) in [6.45, 7) is 0. The lowest BCUT2D eigenvalue weighted by Gasteiger charge is -2.01. The van der Waals surface area contributed by atoms with Gasteiger partial charge in [-0.1, -0.05) is 18.2 Å². The minimum absolute atomic E-state index is 0.354. The number of hydrogen-bond donors (Lipinski definition) is 1. The molecule has 0 aromatic carbocycles. The van der Waals surface area contributed by atoms with Crippen LogP contribution in [0.1, 0.15) is 18.5 Å². The summed E-state index contributed by atoms with van der Waals surface area (Å²) in [6.07, 6.45) is 8.26. The number of aromatic nitrogens is 2. The average Bonchev–Trinajstić information content (AvgIpc) is 2.53. The van der Waals surface area contributed by atoms with Crippen LogP contribution in [-0.2, 0) is 0 Å². The Labute approximate surface area is 69.7 Å². The third-order valence-corrected chi connectivity index (χ3v) is 1.78. The minimum Gasteiger partial charge on any atom is -0.379 e. The SMILES string of the molecule is Nc1nonc1C1=CCCC=C1. The van der Waals surface area contributed by atoms with E-state index in [4.69, 9.17) is 5.73 Å². The molecule has 0 fully saturated rings. The zero-order valence-electron chi connectivity index (χ0n) is 6.53. The Balaban J connectivity index is 2.36. The minimum atomic E-state index is 0.354. The van der Waals surface area contributed by atoms with Crippen molar-refractivity contribution in [1.29, 1.82) is 0 Å². The van der Waals surface area contributed by atoms with E-state index in [2.05, 4.69) is 27.1 Å². The van der Waals surface area contributed by atoms with Crippen molar-refractivity contribution in [2.75, 3.05) is 5.73 Å². The maximum Gasteiger partial charge on any atom is 0.196 e. The molecule has 0 amide bonds.